The number of benzene rings is 2. The fourth-order valence-corrected chi connectivity index (χ4v) is 3.34. The Bertz CT molecular complexity index is 1100. The molecule has 1 aliphatic rings. The second kappa shape index (κ2) is 6.92. The van der Waals surface area contributed by atoms with Gasteiger partial charge in [0.2, 0.25) is 5.91 Å². The number of aryl methyl sites for hydroxylation is 3. The van der Waals surface area contributed by atoms with Crippen molar-refractivity contribution in [1.29, 1.82) is 0 Å². The minimum Gasteiger partial charge on any atom is -0.326 e. The van der Waals surface area contributed by atoms with E-state index in [1.165, 1.54) is 12.1 Å². The Hall–Kier alpha value is -3.48. The Morgan fingerprint density at radius 2 is 2.00 bits per heavy atom. The van der Waals surface area contributed by atoms with Crippen LogP contribution >= 0.6 is 0 Å². The standard InChI is InChI=1S/C21H19FN4O2/c1-12-5-3-4-6-14(12)18-11-19(26(2)25-18)24-21(28)15-9-13-7-8-20(27)23-17(13)10-16(15)22/h3-6,9-11H,7-8H2,1-2H3,(H,23,27)(H,24,28). The molecule has 0 unspecified atom stereocenters. The highest BCUT2D eigenvalue weighted by molar-refractivity contribution is 6.05. The number of carbonyl (C=O) groups excluding carboxylic acids is 2. The van der Waals surface area contributed by atoms with Crippen LogP contribution in [0, 0.1) is 12.7 Å². The number of hydrogen-bond acceptors (Lipinski definition) is 3. The topological polar surface area (TPSA) is 76.0 Å². The van der Waals surface area contributed by atoms with Crippen LogP contribution in [0.25, 0.3) is 11.3 Å². The monoisotopic (exact) mass is 378 g/mol. The second-order valence-corrected chi connectivity index (χ2v) is 6.84. The number of rotatable bonds is 3. The maximum atomic E-state index is 14.4. The van der Waals surface area contributed by atoms with Crippen LogP contribution in [0.15, 0.2) is 42.5 Å². The number of nitrogens with one attached hydrogen (secondary N) is 2. The van der Waals surface area contributed by atoms with Crippen molar-refractivity contribution in [2.24, 2.45) is 7.05 Å². The number of anilines is 2. The lowest BCUT2D eigenvalue weighted by atomic mass is 9.99. The SMILES string of the molecule is Cc1ccccc1-c1cc(NC(=O)c2cc3c(cc2F)NC(=O)CC3)n(C)n1. The summed E-state index contributed by atoms with van der Waals surface area (Å²) in [5.74, 6) is -0.923. The van der Waals surface area contributed by atoms with Crippen molar-refractivity contribution in [3.05, 3.63) is 65.0 Å². The first-order valence-corrected chi connectivity index (χ1v) is 8.96. The molecule has 2 heterocycles. The zero-order valence-electron chi connectivity index (χ0n) is 15.5. The zero-order valence-corrected chi connectivity index (χ0v) is 15.5. The van der Waals surface area contributed by atoms with Crippen molar-refractivity contribution < 1.29 is 14.0 Å². The van der Waals surface area contributed by atoms with Gasteiger partial charge >= 0.3 is 0 Å². The van der Waals surface area contributed by atoms with Gasteiger partial charge in [0.1, 0.15) is 11.6 Å². The first-order chi connectivity index (χ1) is 13.4. The first-order valence-electron chi connectivity index (χ1n) is 8.96. The van der Waals surface area contributed by atoms with Crippen LogP contribution in [-0.2, 0) is 18.3 Å². The summed E-state index contributed by atoms with van der Waals surface area (Å²) in [5, 5.41) is 9.80. The van der Waals surface area contributed by atoms with Crippen LogP contribution in [0.3, 0.4) is 0 Å². The Balaban J connectivity index is 1.61. The third-order valence-corrected chi connectivity index (χ3v) is 4.88. The minimum atomic E-state index is -0.681. The van der Waals surface area contributed by atoms with Gasteiger partial charge in [-0.25, -0.2) is 4.39 Å². The fourth-order valence-electron chi connectivity index (χ4n) is 3.34. The lowest BCUT2D eigenvalue weighted by Gasteiger charge is -2.18. The summed E-state index contributed by atoms with van der Waals surface area (Å²) < 4.78 is 16.0. The van der Waals surface area contributed by atoms with Crippen molar-refractivity contribution in [1.82, 2.24) is 9.78 Å². The predicted octanol–water partition coefficient (Wildman–Crippen LogP) is 3.67. The number of fused-ring (bicyclic) bond motifs is 1. The van der Waals surface area contributed by atoms with Gasteiger partial charge in [-0.3, -0.25) is 14.3 Å². The summed E-state index contributed by atoms with van der Waals surface area (Å²) in [4.78, 5) is 24.1. The molecule has 2 N–H and O–H groups in total. The fraction of sp³-hybridized carbons (Fsp3) is 0.190. The van der Waals surface area contributed by atoms with E-state index in [1.807, 2.05) is 31.2 Å². The molecule has 1 aliphatic heterocycles. The van der Waals surface area contributed by atoms with Crippen LogP contribution < -0.4 is 10.6 Å². The van der Waals surface area contributed by atoms with Crippen LogP contribution in [-0.4, -0.2) is 21.6 Å². The number of carbonyl (C=O) groups is 2. The number of halogens is 1. The van der Waals surface area contributed by atoms with Gasteiger partial charge < -0.3 is 10.6 Å². The number of hydrogen-bond donors (Lipinski definition) is 2. The van der Waals surface area contributed by atoms with Crippen LogP contribution in [0.4, 0.5) is 15.9 Å². The molecule has 0 saturated heterocycles. The Labute approximate surface area is 161 Å². The van der Waals surface area contributed by atoms with Crippen molar-refractivity contribution in [3.63, 3.8) is 0 Å². The Morgan fingerprint density at radius 3 is 2.79 bits per heavy atom. The van der Waals surface area contributed by atoms with Crippen molar-refractivity contribution in [2.45, 2.75) is 19.8 Å². The Morgan fingerprint density at radius 1 is 1.21 bits per heavy atom. The van der Waals surface area contributed by atoms with Crippen LogP contribution in [0.2, 0.25) is 0 Å². The quantitative estimate of drug-likeness (QED) is 0.730. The van der Waals surface area contributed by atoms with Crippen molar-refractivity contribution >= 4 is 23.3 Å². The van der Waals surface area contributed by atoms with E-state index in [-0.39, 0.29) is 11.5 Å². The lowest BCUT2D eigenvalue weighted by molar-refractivity contribution is -0.116. The molecule has 2 aromatic carbocycles. The normalized spacial score (nSPS) is 13.0. The molecule has 0 atom stereocenters. The summed E-state index contributed by atoms with van der Waals surface area (Å²) in [6, 6.07) is 12.3. The van der Waals surface area contributed by atoms with Crippen molar-refractivity contribution in [2.75, 3.05) is 10.6 Å². The molecule has 6 nitrogen and oxygen atoms in total. The van der Waals surface area contributed by atoms with Gasteiger partial charge in [0.25, 0.3) is 5.91 Å². The molecule has 2 amide bonds. The maximum absolute atomic E-state index is 14.4. The molecule has 1 aromatic heterocycles. The van der Waals surface area contributed by atoms with Gasteiger partial charge in [0.15, 0.2) is 0 Å². The molecular formula is C21H19FN4O2. The molecule has 0 aliphatic carbocycles. The van der Waals surface area contributed by atoms with Crippen LogP contribution in [0.5, 0.6) is 0 Å². The second-order valence-electron chi connectivity index (χ2n) is 6.84. The molecular weight excluding hydrogens is 359 g/mol. The molecule has 7 heteroatoms. The zero-order chi connectivity index (χ0) is 19.8. The van der Waals surface area contributed by atoms with Gasteiger partial charge in [0.05, 0.1) is 11.3 Å². The third-order valence-electron chi connectivity index (χ3n) is 4.88. The van der Waals surface area contributed by atoms with Gasteiger partial charge in [-0.15, -0.1) is 0 Å². The summed E-state index contributed by atoms with van der Waals surface area (Å²) in [7, 11) is 1.72. The van der Waals surface area contributed by atoms with Gasteiger partial charge in [-0.1, -0.05) is 24.3 Å². The smallest absolute Gasteiger partial charge is 0.259 e. The summed E-state index contributed by atoms with van der Waals surface area (Å²) in [5.41, 5.74) is 3.87. The number of nitrogens with zero attached hydrogens (tertiary/aromatic N) is 2. The van der Waals surface area contributed by atoms with Crippen molar-refractivity contribution in [3.8, 4) is 11.3 Å². The largest absolute Gasteiger partial charge is 0.326 e. The molecule has 0 radical (unpaired) electrons. The van der Waals surface area contributed by atoms with E-state index in [4.69, 9.17) is 0 Å². The molecule has 0 spiro atoms. The lowest BCUT2D eigenvalue weighted by Crippen LogP contribution is -2.21. The van der Waals surface area contributed by atoms with Gasteiger partial charge in [-0.2, -0.15) is 5.10 Å². The molecule has 142 valence electrons. The summed E-state index contributed by atoms with van der Waals surface area (Å²) in [6.07, 6.45) is 0.798. The predicted molar refractivity (Wildman–Crippen MR) is 105 cm³/mol. The minimum absolute atomic E-state index is 0.0615. The summed E-state index contributed by atoms with van der Waals surface area (Å²) in [6.45, 7) is 1.99. The first kappa shape index (κ1) is 17.9. The van der Waals surface area contributed by atoms with E-state index < -0.39 is 11.7 Å². The third kappa shape index (κ3) is 3.26. The van der Waals surface area contributed by atoms with E-state index >= 15 is 0 Å². The van der Waals surface area contributed by atoms with Crippen LogP contribution in [0.1, 0.15) is 27.9 Å². The molecule has 28 heavy (non-hydrogen) atoms. The van der Waals surface area contributed by atoms with E-state index in [1.54, 1.807) is 17.8 Å². The highest BCUT2D eigenvalue weighted by Crippen LogP contribution is 2.28. The average Bonchev–Trinajstić information content (AvgIpc) is 3.01. The van der Waals surface area contributed by atoms with Gasteiger partial charge in [-0.05, 0) is 36.6 Å². The maximum Gasteiger partial charge on any atom is 0.259 e. The van der Waals surface area contributed by atoms with E-state index in [9.17, 15) is 14.0 Å². The number of aromatic nitrogens is 2. The highest BCUT2D eigenvalue weighted by atomic mass is 19.1. The average molecular weight is 378 g/mol. The van der Waals surface area contributed by atoms with E-state index in [2.05, 4.69) is 15.7 Å². The molecule has 0 bridgehead atoms. The molecule has 4 rings (SSSR count). The number of amides is 2. The molecule has 0 fully saturated rings. The molecule has 0 saturated carbocycles. The van der Waals surface area contributed by atoms with E-state index in [0.717, 1.165) is 22.4 Å². The molecule has 3 aromatic rings. The van der Waals surface area contributed by atoms with Gasteiger partial charge in [0, 0.05) is 30.8 Å². The summed E-state index contributed by atoms with van der Waals surface area (Å²) >= 11 is 0. The van der Waals surface area contributed by atoms with E-state index in [0.29, 0.717) is 24.3 Å². The Kier molecular flexibility index (Phi) is 4.43. The highest BCUT2D eigenvalue weighted by Gasteiger charge is 2.21.